The molecule has 3 rings (SSSR count). The Balaban J connectivity index is 0.00000208. The Morgan fingerprint density at radius 3 is 2.50 bits per heavy atom. The van der Waals surface area contributed by atoms with Gasteiger partial charge in [-0.15, -0.1) is 23.7 Å². The standard InChI is InChI=1S/C18H23N3OS.ClH/c19-12-14-5-7-15(8-6-14)18(22)20-13-16(17-4-3-11-23-17)21-9-1-2-10-21;/h3-8,11,16H,1-2,9-10,12-13,19H2,(H,20,22);1H. The summed E-state index contributed by atoms with van der Waals surface area (Å²) < 4.78 is 0. The van der Waals surface area contributed by atoms with Gasteiger partial charge in [0, 0.05) is 23.5 Å². The number of rotatable bonds is 6. The summed E-state index contributed by atoms with van der Waals surface area (Å²) in [6, 6.07) is 12.0. The maximum Gasteiger partial charge on any atom is 0.251 e. The van der Waals surface area contributed by atoms with E-state index >= 15 is 0 Å². The summed E-state index contributed by atoms with van der Waals surface area (Å²) >= 11 is 1.76. The highest BCUT2D eigenvalue weighted by Gasteiger charge is 2.24. The number of carbonyl (C=O) groups is 1. The molecule has 1 aliphatic rings. The van der Waals surface area contributed by atoms with Gasteiger partial charge in [-0.1, -0.05) is 18.2 Å². The van der Waals surface area contributed by atoms with Crippen LogP contribution in [-0.2, 0) is 6.54 Å². The van der Waals surface area contributed by atoms with Gasteiger partial charge in [0.1, 0.15) is 0 Å². The molecule has 4 nitrogen and oxygen atoms in total. The minimum atomic E-state index is -0.0191. The van der Waals surface area contributed by atoms with Crippen LogP contribution in [0.15, 0.2) is 41.8 Å². The zero-order valence-electron chi connectivity index (χ0n) is 13.6. The third kappa shape index (κ3) is 4.57. The average Bonchev–Trinajstić information content (AvgIpc) is 3.29. The number of benzene rings is 1. The highest BCUT2D eigenvalue weighted by atomic mass is 35.5. The van der Waals surface area contributed by atoms with Crippen LogP contribution in [-0.4, -0.2) is 30.4 Å². The van der Waals surface area contributed by atoms with Gasteiger partial charge in [0.25, 0.3) is 5.91 Å². The first-order chi connectivity index (χ1) is 11.3. The number of carbonyl (C=O) groups excluding carboxylic acids is 1. The fourth-order valence-electron chi connectivity index (χ4n) is 3.03. The Hall–Kier alpha value is -1.40. The van der Waals surface area contributed by atoms with Crippen molar-refractivity contribution in [1.82, 2.24) is 10.2 Å². The summed E-state index contributed by atoms with van der Waals surface area (Å²) in [4.78, 5) is 16.2. The molecule has 6 heteroatoms. The van der Waals surface area contributed by atoms with Crippen molar-refractivity contribution in [3.05, 3.63) is 57.8 Å². The maximum absolute atomic E-state index is 12.4. The molecule has 0 bridgehead atoms. The summed E-state index contributed by atoms with van der Waals surface area (Å²) in [5.41, 5.74) is 7.32. The molecule has 1 aromatic heterocycles. The number of nitrogens with one attached hydrogen (secondary N) is 1. The second-order valence-electron chi connectivity index (χ2n) is 5.89. The van der Waals surface area contributed by atoms with E-state index < -0.39 is 0 Å². The number of amides is 1. The molecular formula is C18H24ClN3OS. The number of hydrogen-bond acceptors (Lipinski definition) is 4. The predicted octanol–water partition coefficient (Wildman–Crippen LogP) is 3.20. The maximum atomic E-state index is 12.4. The predicted molar refractivity (Wildman–Crippen MR) is 102 cm³/mol. The van der Waals surface area contributed by atoms with Crippen LogP contribution in [0.3, 0.4) is 0 Å². The summed E-state index contributed by atoms with van der Waals surface area (Å²) in [7, 11) is 0. The van der Waals surface area contributed by atoms with Crippen molar-refractivity contribution in [2.24, 2.45) is 5.73 Å². The molecule has 2 heterocycles. The van der Waals surface area contributed by atoms with Gasteiger partial charge < -0.3 is 11.1 Å². The first-order valence-electron chi connectivity index (χ1n) is 8.12. The zero-order chi connectivity index (χ0) is 16.1. The lowest BCUT2D eigenvalue weighted by Gasteiger charge is -2.26. The second-order valence-corrected chi connectivity index (χ2v) is 6.86. The van der Waals surface area contributed by atoms with Gasteiger partial charge >= 0.3 is 0 Å². The van der Waals surface area contributed by atoms with E-state index in [1.807, 2.05) is 24.3 Å². The Bertz CT molecular complexity index is 624. The van der Waals surface area contributed by atoms with Crippen LogP contribution in [0.5, 0.6) is 0 Å². The largest absolute Gasteiger partial charge is 0.350 e. The third-order valence-electron chi connectivity index (χ3n) is 4.36. The van der Waals surface area contributed by atoms with Crippen LogP contribution in [0.4, 0.5) is 0 Å². The van der Waals surface area contributed by atoms with Crippen molar-refractivity contribution in [1.29, 1.82) is 0 Å². The molecule has 1 fully saturated rings. The lowest BCUT2D eigenvalue weighted by molar-refractivity contribution is 0.0938. The molecule has 1 saturated heterocycles. The topological polar surface area (TPSA) is 58.4 Å². The number of halogens is 1. The molecular weight excluding hydrogens is 342 g/mol. The van der Waals surface area contributed by atoms with Crippen molar-refractivity contribution < 1.29 is 4.79 Å². The molecule has 24 heavy (non-hydrogen) atoms. The average molecular weight is 366 g/mol. The van der Waals surface area contributed by atoms with E-state index in [9.17, 15) is 4.79 Å². The highest BCUT2D eigenvalue weighted by molar-refractivity contribution is 7.10. The van der Waals surface area contributed by atoms with Crippen LogP contribution in [0.2, 0.25) is 0 Å². The SMILES string of the molecule is Cl.NCc1ccc(C(=O)NCC(c2cccs2)N2CCCC2)cc1. The lowest BCUT2D eigenvalue weighted by Crippen LogP contribution is -2.36. The number of nitrogens with zero attached hydrogens (tertiary/aromatic N) is 1. The number of hydrogen-bond donors (Lipinski definition) is 2. The van der Waals surface area contributed by atoms with Gasteiger partial charge in [-0.3, -0.25) is 9.69 Å². The Morgan fingerprint density at radius 1 is 1.21 bits per heavy atom. The van der Waals surface area contributed by atoms with E-state index in [0.29, 0.717) is 18.7 Å². The molecule has 1 atom stereocenters. The van der Waals surface area contributed by atoms with E-state index in [2.05, 4.69) is 27.7 Å². The van der Waals surface area contributed by atoms with Crippen molar-refractivity contribution in [3.8, 4) is 0 Å². The van der Waals surface area contributed by atoms with E-state index in [0.717, 1.165) is 18.7 Å². The van der Waals surface area contributed by atoms with Gasteiger partial charge in [0.15, 0.2) is 0 Å². The van der Waals surface area contributed by atoms with E-state index in [4.69, 9.17) is 5.73 Å². The molecule has 0 saturated carbocycles. The van der Waals surface area contributed by atoms with Crippen LogP contribution in [0.1, 0.15) is 39.7 Å². The van der Waals surface area contributed by atoms with E-state index in [1.165, 1.54) is 17.7 Å². The Morgan fingerprint density at radius 2 is 1.92 bits per heavy atom. The molecule has 3 N–H and O–H groups in total. The van der Waals surface area contributed by atoms with Gasteiger partial charge in [0.05, 0.1) is 6.04 Å². The second kappa shape index (κ2) is 9.18. The van der Waals surface area contributed by atoms with Crippen molar-refractivity contribution >= 4 is 29.7 Å². The Labute approximate surface area is 153 Å². The van der Waals surface area contributed by atoms with E-state index in [-0.39, 0.29) is 24.4 Å². The number of thiophene rings is 1. The van der Waals surface area contributed by atoms with Gasteiger partial charge in [-0.25, -0.2) is 0 Å². The van der Waals surface area contributed by atoms with Gasteiger partial charge in [-0.2, -0.15) is 0 Å². The Kier molecular flexibility index (Phi) is 7.24. The first kappa shape index (κ1) is 18.9. The molecule has 0 spiro atoms. The monoisotopic (exact) mass is 365 g/mol. The fourth-order valence-corrected chi connectivity index (χ4v) is 3.89. The van der Waals surface area contributed by atoms with Crippen LogP contribution in [0.25, 0.3) is 0 Å². The van der Waals surface area contributed by atoms with Crippen molar-refractivity contribution in [2.75, 3.05) is 19.6 Å². The van der Waals surface area contributed by atoms with Crippen LogP contribution in [0, 0.1) is 0 Å². The van der Waals surface area contributed by atoms with Crippen LogP contribution < -0.4 is 11.1 Å². The molecule has 1 amide bonds. The quantitative estimate of drug-likeness (QED) is 0.826. The molecule has 1 aliphatic heterocycles. The molecule has 1 unspecified atom stereocenters. The third-order valence-corrected chi connectivity index (χ3v) is 5.33. The molecule has 0 radical (unpaired) electrons. The lowest BCUT2D eigenvalue weighted by atomic mass is 10.1. The van der Waals surface area contributed by atoms with E-state index in [1.54, 1.807) is 11.3 Å². The summed E-state index contributed by atoms with van der Waals surface area (Å²) in [6.45, 7) is 3.38. The minimum Gasteiger partial charge on any atom is -0.350 e. The highest BCUT2D eigenvalue weighted by Crippen LogP contribution is 2.27. The van der Waals surface area contributed by atoms with Crippen molar-refractivity contribution in [3.63, 3.8) is 0 Å². The molecule has 1 aromatic carbocycles. The summed E-state index contributed by atoms with van der Waals surface area (Å²) in [5.74, 6) is -0.0191. The molecule has 0 aliphatic carbocycles. The van der Waals surface area contributed by atoms with Gasteiger partial charge in [-0.05, 0) is 55.1 Å². The normalized spacial score (nSPS) is 15.7. The number of likely N-dealkylation sites (tertiary alicyclic amines) is 1. The fraction of sp³-hybridized carbons (Fsp3) is 0.389. The first-order valence-corrected chi connectivity index (χ1v) is 9.00. The minimum absolute atomic E-state index is 0. The molecule has 2 aromatic rings. The van der Waals surface area contributed by atoms with Crippen molar-refractivity contribution in [2.45, 2.75) is 25.4 Å². The van der Waals surface area contributed by atoms with Crippen LogP contribution >= 0.6 is 23.7 Å². The zero-order valence-corrected chi connectivity index (χ0v) is 15.2. The van der Waals surface area contributed by atoms with Gasteiger partial charge in [0.2, 0.25) is 0 Å². The smallest absolute Gasteiger partial charge is 0.251 e. The number of nitrogens with two attached hydrogens (primary N) is 1. The summed E-state index contributed by atoms with van der Waals surface area (Å²) in [6.07, 6.45) is 2.49. The molecule has 130 valence electrons. The summed E-state index contributed by atoms with van der Waals surface area (Å²) in [5, 5.41) is 5.20.